The minimum absolute atomic E-state index is 0.188. The first-order valence-corrected chi connectivity index (χ1v) is 5.04. The van der Waals surface area contributed by atoms with Gasteiger partial charge in [0.25, 0.3) is 0 Å². The standard InChI is InChI=1S/C11H18O3/c1-7-6-8(2)11(14-9(3)12)5-4-10(7)13/h4-5,7-8,10-11,13H,6H2,1-3H3. The number of ether oxygens (including phenoxy) is 1. The molecule has 4 unspecified atom stereocenters. The smallest absolute Gasteiger partial charge is 0.303 e. The molecule has 1 N–H and O–H groups in total. The Balaban J connectivity index is 2.67. The molecular weight excluding hydrogens is 180 g/mol. The maximum absolute atomic E-state index is 10.8. The van der Waals surface area contributed by atoms with E-state index in [1.807, 2.05) is 13.8 Å². The zero-order valence-electron chi connectivity index (χ0n) is 8.93. The average Bonchev–Trinajstić information content (AvgIpc) is 2.18. The van der Waals surface area contributed by atoms with Crippen molar-refractivity contribution < 1.29 is 14.6 Å². The Morgan fingerprint density at radius 2 is 2.00 bits per heavy atom. The number of rotatable bonds is 1. The minimum atomic E-state index is -0.419. The summed E-state index contributed by atoms with van der Waals surface area (Å²) in [6.45, 7) is 5.44. The summed E-state index contributed by atoms with van der Waals surface area (Å²) in [7, 11) is 0. The van der Waals surface area contributed by atoms with Gasteiger partial charge in [-0.15, -0.1) is 0 Å². The Morgan fingerprint density at radius 1 is 1.36 bits per heavy atom. The molecule has 0 fully saturated rings. The van der Waals surface area contributed by atoms with Crippen LogP contribution >= 0.6 is 0 Å². The van der Waals surface area contributed by atoms with Crippen LogP contribution in [-0.4, -0.2) is 23.3 Å². The maximum atomic E-state index is 10.8. The monoisotopic (exact) mass is 198 g/mol. The predicted octanol–water partition coefficient (Wildman–Crippen LogP) is 1.51. The molecule has 0 heterocycles. The summed E-state index contributed by atoms with van der Waals surface area (Å²) in [6.07, 6.45) is 3.78. The third kappa shape index (κ3) is 2.84. The minimum Gasteiger partial charge on any atom is -0.458 e. The molecule has 0 amide bonds. The summed E-state index contributed by atoms with van der Waals surface area (Å²) in [5.74, 6) is 0.222. The van der Waals surface area contributed by atoms with Crippen LogP contribution < -0.4 is 0 Å². The van der Waals surface area contributed by atoms with Crippen LogP contribution in [0.1, 0.15) is 27.2 Å². The number of hydrogen-bond acceptors (Lipinski definition) is 3. The van der Waals surface area contributed by atoms with E-state index >= 15 is 0 Å². The highest BCUT2D eigenvalue weighted by Crippen LogP contribution is 2.25. The quantitative estimate of drug-likeness (QED) is 0.513. The number of carbonyl (C=O) groups is 1. The number of hydrogen-bond donors (Lipinski definition) is 1. The van der Waals surface area contributed by atoms with Crippen molar-refractivity contribution in [1.82, 2.24) is 0 Å². The first-order valence-electron chi connectivity index (χ1n) is 5.04. The molecule has 0 aromatic heterocycles. The zero-order valence-corrected chi connectivity index (χ0v) is 8.93. The fourth-order valence-corrected chi connectivity index (χ4v) is 1.81. The summed E-state index contributed by atoms with van der Waals surface area (Å²) in [5.41, 5.74) is 0. The van der Waals surface area contributed by atoms with Crippen molar-refractivity contribution in [2.75, 3.05) is 0 Å². The lowest BCUT2D eigenvalue weighted by Gasteiger charge is -2.21. The summed E-state index contributed by atoms with van der Waals surface area (Å²) >= 11 is 0. The van der Waals surface area contributed by atoms with Gasteiger partial charge in [0.15, 0.2) is 0 Å². The van der Waals surface area contributed by atoms with E-state index in [2.05, 4.69) is 0 Å². The molecule has 14 heavy (non-hydrogen) atoms. The van der Waals surface area contributed by atoms with Gasteiger partial charge in [-0.05, 0) is 24.3 Å². The first-order chi connectivity index (χ1) is 6.50. The van der Waals surface area contributed by atoms with Crippen LogP contribution in [0.2, 0.25) is 0 Å². The van der Waals surface area contributed by atoms with Crippen LogP contribution in [0.3, 0.4) is 0 Å². The molecule has 80 valence electrons. The lowest BCUT2D eigenvalue weighted by molar-refractivity contribution is -0.146. The van der Waals surface area contributed by atoms with Crippen molar-refractivity contribution in [3.63, 3.8) is 0 Å². The molecular formula is C11H18O3. The van der Waals surface area contributed by atoms with E-state index < -0.39 is 6.10 Å². The predicted molar refractivity (Wildman–Crippen MR) is 53.6 cm³/mol. The van der Waals surface area contributed by atoms with Crippen molar-refractivity contribution in [3.05, 3.63) is 12.2 Å². The molecule has 0 saturated carbocycles. The molecule has 4 atom stereocenters. The van der Waals surface area contributed by atoms with E-state index in [9.17, 15) is 9.90 Å². The van der Waals surface area contributed by atoms with Crippen molar-refractivity contribution in [2.24, 2.45) is 11.8 Å². The second kappa shape index (κ2) is 4.60. The molecule has 0 aromatic rings. The van der Waals surface area contributed by atoms with Gasteiger partial charge in [0.2, 0.25) is 0 Å². The van der Waals surface area contributed by atoms with Gasteiger partial charge in [-0.3, -0.25) is 4.79 Å². The topological polar surface area (TPSA) is 46.5 Å². The van der Waals surface area contributed by atoms with Gasteiger partial charge in [-0.25, -0.2) is 0 Å². The molecule has 3 heteroatoms. The average molecular weight is 198 g/mol. The summed E-state index contributed by atoms with van der Waals surface area (Å²) < 4.78 is 5.14. The van der Waals surface area contributed by atoms with Gasteiger partial charge >= 0.3 is 5.97 Å². The molecule has 0 spiro atoms. The van der Waals surface area contributed by atoms with E-state index in [1.54, 1.807) is 12.2 Å². The Morgan fingerprint density at radius 3 is 2.57 bits per heavy atom. The Hall–Kier alpha value is -0.830. The van der Waals surface area contributed by atoms with Crippen LogP contribution in [0.15, 0.2) is 12.2 Å². The lowest BCUT2D eigenvalue weighted by atomic mass is 9.93. The van der Waals surface area contributed by atoms with Gasteiger partial charge in [-0.1, -0.05) is 19.9 Å². The van der Waals surface area contributed by atoms with Crippen molar-refractivity contribution in [1.29, 1.82) is 0 Å². The van der Waals surface area contributed by atoms with E-state index in [0.717, 1.165) is 6.42 Å². The van der Waals surface area contributed by atoms with E-state index in [4.69, 9.17) is 4.74 Å². The molecule has 1 aliphatic rings. The molecule has 0 radical (unpaired) electrons. The van der Waals surface area contributed by atoms with Gasteiger partial charge < -0.3 is 9.84 Å². The highest BCUT2D eigenvalue weighted by atomic mass is 16.5. The van der Waals surface area contributed by atoms with Crippen molar-refractivity contribution in [2.45, 2.75) is 39.4 Å². The fraction of sp³-hybridized carbons (Fsp3) is 0.727. The molecule has 3 nitrogen and oxygen atoms in total. The van der Waals surface area contributed by atoms with Crippen LogP contribution in [-0.2, 0) is 9.53 Å². The molecule has 0 aromatic carbocycles. The van der Waals surface area contributed by atoms with Crippen molar-refractivity contribution >= 4 is 5.97 Å². The van der Waals surface area contributed by atoms with Crippen LogP contribution in [0, 0.1) is 11.8 Å². The summed E-state index contributed by atoms with van der Waals surface area (Å²) in [6, 6.07) is 0. The highest BCUT2D eigenvalue weighted by Gasteiger charge is 2.25. The Bertz CT molecular complexity index is 235. The summed E-state index contributed by atoms with van der Waals surface area (Å²) in [5, 5.41) is 9.60. The van der Waals surface area contributed by atoms with E-state index in [-0.39, 0.29) is 23.9 Å². The Labute approximate surface area is 84.8 Å². The highest BCUT2D eigenvalue weighted by molar-refractivity contribution is 5.66. The van der Waals surface area contributed by atoms with Crippen molar-refractivity contribution in [3.8, 4) is 0 Å². The Kier molecular flexibility index (Phi) is 3.69. The van der Waals surface area contributed by atoms with Crippen LogP contribution in [0.5, 0.6) is 0 Å². The van der Waals surface area contributed by atoms with Crippen LogP contribution in [0.25, 0.3) is 0 Å². The van der Waals surface area contributed by atoms with Gasteiger partial charge in [0.1, 0.15) is 6.10 Å². The van der Waals surface area contributed by atoms with Gasteiger partial charge in [-0.2, -0.15) is 0 Å². The third-order valence-corrected chi connectivity index (χ3v) is 2.69. The van der Waals surface area contributed by atoms with Gasteiger partial charge in [0.05, 0.1) is 6.10 Å². The number of aliphatic hydroxyl groups excluding tert-OH is 1. The molecule has 1 rings (SSSR count). The maximum Gasteiger partial charge on any atom is 0.303 e. The second-order valence-corrected chi connectivity index (χ2v) is 4.14. The second-order valence-electron chi connectivity index (χ2n) is 4.14. The van der Waals surface area contributed by atoms with Crippen LogP contribution in [0.4, 0.5) is 0 Å². The molecule has 0 aliphatic heterocycles. The van der Waals surface area contributed by atoms with Gasteiger partial charge in [0, 0.05) is 6.92 Å². The molecule has 1 aliphatic carbocycles. The first kappa shape index (κ1) is 11.2. The molecule has 0 saturated heterocycles. The largest absolute Gasteiger partial charge is 0.458 e. The zero-order chi connectivity index (χ0) is 10.7. The fourth-order valence-electron chi connectivity index (χ4n) is 1.81. The van der Waals surface area contributed by atoms with E-state index in [1.165, 1.54) is 6.92 Å². The normalized spacial score (nSPS) is 37.7. The summed E-state index contributed by atoms with van der Waals surface area (Å²) in [4.78, 5) is 10.8. The van der Waals surface area contributed by atoms with E-state index in [0.29, 0.717) is 0 Å². The molecule has 0 bridgehead atoms. The number of esters is 1. The SMILES string of the molecule is CC(=O)OC1C=CC(O)C(C)CC1C. The lowest BCUT2D eigenvalue weighted by Crippen LogP contribution is -2.23. The number of aliphatic hydroxyl groups is 1. The third-order valence-electron chi connectivity index (χ3n) is 2.69. The number of carbonyl (C=O) groups excluding carboxylic acids is 1.